The summed E-state index contributed by atoms with van der Waals surface area (Å²) in [4.78, 5) is 12.7. The second kappa shape index (κ2) is 7.46. The minimum absolute atomic E-state index is 0.197. The SMILES string of the molecule is CCCNC(=O)CCCCc1cccs1. The average molecular weight is 225 g/mol. The van der Waals surface area contributed by atoms with Crippen molar-refractivity contribution in [1.29, 1.82) is 0 Å². The summed E-state index contributed by atoms with van der Waals surface area (Å²) >= 11 is 1.80. The van der Waals surface area contributed by atoms with E-state index in [2.05, 4.69) is 29.8 Å². The van der Waals surface area contributed by atoms with Gasteiger partial charge in [-0.25, -0.2) is 0 Å². The van der Waals surface area contributed by atoms with E-state index in [0.717, 1.165) is 32.2 Å². The number of aryl methyl sites for hydroxylation is 1. The summed E-state index contributed by atoms with van der Waals surface area (Å²) in [6, 6.07) is 4.23. The first-order valence-corrected chi connectivity index (χ1v) is 6.50. The fraction of sp³-hybridized carbons (Fsp3) is 0.583. The van der Waals surface area contributed by atoms with Gasteiger partial charge in [-0.3, -0.25) is 4.79 Å². The summed E-state index contributed by atoms with van der Waals surface area (Å²) in [6.07, 6.45) is 4.90. The Balaban J connectivity index is 1.99. The summed E-state index contributed by atoms with van der Waals surface area (Å²) in [6.45, 7) is 2.88. The summed E-state index contributed by atoms with van der Waals surface area (Å²) in [5, 5.41) is 4.99. The van der Waals surface area contributed by atoms with Crippen LogP contribution >= 0.6 is 11.3 Å². The number of carbonyl (C=O) groups excluding carboxylic acids is 1. The first kappa shape index (κ1) is 12.2. The molecule has 0 atom stereocenters. The molecule has 0 radical (unpaired) electrons. The summed E-state index contributed by atoms with van der Waals surface area (Å²) in [7, 11) is 0. The molecular formula is C12H19NOS. The van der Waals surface area contributed by atoms with Crippen molar-refractivity contribution in [3.63, 3.8) is 0 Å². The van der Waals surface area contributed by atoms with Gasteiger partial charge in [0.05, 0.1) is 0 Å². The molecule has 1 aromatic heterocycles. The van der Waals surface area contributed by atoms with Crippen molar-refractivity contribution in [3.8, 4) is 0 Å². The van der Waals surface area contributed by atoms with Gasteiger partial charge in [-0.2, -0.15) is 0 Å². The molecule has 0 aliphatic heterocycles. The zero-order chi connectivity index (χ0) is 10.9. The topological polar surface area (TPSA) is 29.1 Å². The summed E-state index contributed by atoms with van der Waals surface area (Å²) < 4.78 is 0. The van der Waals surface area contributed by atoms with E-state index in [-0.39, 0.29) is 5.91 Å². The number of rotatable bonds is 7. The molecule has 1 aromatic rings. The molecule has 84 valence electrons. The number of hydrogen-bond acceptors (Lipinski definition) is 2. The Labute approximate surface area is 95.7 Å². The van der Waals surface area contributed by atoms with Crippen LogP contribution in [0.1, 0.15) is 37.5 Å². The third kappa shape index (κ3) is 5.57. The van der Waals surface area contributed by atoms with E-state index in [0.29, 0.717) is 6.42 Å². The van der Waals surface area contributed by atoms with Gasteiger partial charge in [0.1, 0.15) is 0 Å². The van der Waals surface area contributed by atoms with Crippen molar-refractivity contribution in [2.45, 2.75) is 39.0 Å². The molecule has 0 aromatic carbocycles. The van der Waals surface area contributed by atoms with E-state index in [4.69, 9.17) is 0 Å². The molecule has 0 fully saturated rings. The van der Waals surface area contributed by atoms with Crippen molar-refractivity contribution >= 4 is 17.2 Å². The second-order valence-corrected chi connectivity index (χ2v) is 4.67. The zero-order valence-corrected chi connectivity index (χ0v) is 10.1. The third-order valence-electron chi connectivity index (χ3n) is 2.23. The Bertz CT molecular complexity index is 269. The van der Waals surface area contributed by atoms with Gasteiger partial charge in [-0.1, -0.05) is 13.0 Å². The molecule has 1 amide bonds. The normalized spacial score (nSPS) is 10.2. The number of hydrogen-bond donors (Lipinski definition) is 1. The molecular weight excluding hydrogens is 206 g/mol. The zero-order valence-electron chi connectivity index (χ0n) is 9.29. The van der Waals surface area contributed by atoms with Crippen LogP contribution in [0.3, 0.4) is 0 Å². The van der Waals surface area contributed by atoms with Crippen LogP contribution < -0.4 is 5.32 Å². The fourth-order valence-electron chi connectivity index (χ4n) is 1.39. The lowest BCUT2D eigenvalue weighted by Crippen LogP contribution is -2.23. The molecule has 1 N–H and O–H groups in total. The Kier molecular flexibility index (Phi) is 6.09. The highest BCUT2D eigenvalue weighted by atomic mass is 32.1. The van der Waals surface area contributed by atoms with Gasteiger partial charge in [0.15, 0.2) is 0 Å². The smallest absolute Gasteiger partial charge is 0.219 e. The fourth-order valence-corrected chi connectivity index (χ4v) is 2.14. The molecule has 0 saturated carbocycles. The first-order chi connectivity index (χ1) is 7.33. The van der Waals surface area contributed by atoms with Crippen LogP contribution in [-0.4, -0.2) is 12.5 Å². The van der Waals surface area contributed by atoms with Crippen LogP contribution in [0, 0.1) is 0 Å². The van der Waals surface area contributed by atoms with E-state index in [1.165, 1.54) is 4.88 Å². The standard InChI is InChI=1S/C12H19NOS/c1-2-9-13-12(14)8-4-3-6-11-7-5-10-15-11/h5,7,10H,2-4,6,8-9H2,1H3,(H,13,14). The number of unbranched alkanes of at least 4 members (excludes halogenated alkanes) is 1. The highest BCUT2D eigenvalue weighted by molar-refractivity contribution is 7.09. The molecule has 2 nitrogen and oxygen atoms in total. The van der Waals surface area contributed by atoms with Crippen LogP contribution in [0.4, 0.5) is 0 Å². The van der Waals surface area contributed by atoms with Gasteiger partial charge in [-0.15, -0.1) is 11.3 Å². The molecule has 3 heteroatoms. The average Bonchev–Trinajstić information content (AvgIpc) is 2.74. The molecule has 15 heavy (non-hydrogen) atoms. The van der Waals surface area contributed by atoms with Crippen LogP contribution in [0.15, 0.2) is 17.5 Å². The largest absolute Gasteiger partial charge is 0.356 e. The Morgan fingerprint density at radius 1 is 1.47 bits per heavy atom. The van der Waals surface area contributed by atoms with Crippen molar-refractivity contribution in [2.24, 2.45) is 0 Å². The number of amides is 1. The predicted octanol–water partition coefficient (Wildman–Crippen LogP) is 2.99. The minimum atomic E-state index is 0.197. The Morgan fingerprint density at radius 3 is 3.00 bits per heavy atom. The molecule has 0 spiro atoms. The number of nitrogens with one attached hydrogen (secondary N) is 1. The van der Waals surface area contributed by atoms with Gasteiger partial charge < -0.3 is 5.32 Å². The molecule has 1 rings (SSSR count). The molecule has 0 aliphatic rings. The second-order valence-electron chi connectivity index (χ2n) is 3.64. The van der Waals surface area contributed by atoms with Gasteiger partial charge in [-0.05, 0) is 37.1 Å². The molecule has 1 heterocycles. The highest BCUT2D eigenvalue weighted by Gasteiger charge is 2.00. The summed E-state index contributed by atoms with van der Waals surface area (Å²) in [5.74, 6) is 0.197. The number of thiophene rings is 1. The van der Waals surface area contributed by atoms with Crippen molar-refractivity contribution in [1.82, 2.24) is 5.32 Å². The third-order valence-corrected chi connectivity index (χ3v) is 3.17. The monoisotopic (exact) mass is 225 g/mol. The Hall–Kier alpha value is -0.830. The predicted molar refractivity (Wildman–Crippen MR) is 65.2 cm³/mol. The minimum Gasteiger partial charge on any atom is -0.356 e. The van der Waals surface area contributed by atoms with Crippen LogP contribution in [0.25, 0.3) is 0 Å². The van der Waals surface area contributed by atoms with E-state index in [1.807, 2.05) is 0 Å². The van der Waals surface area contributed by atoms with Crippen LogP contribution in [0.5, 0.6) is 0 Å². The van der Waals surface area contributed by atoms with E-state index >= 15 is 0 Å². The first-order valence-electron chi connectivity index (χ1n) is 5.62. The van der Waals surface area contributed by atoms with Crippen molar-refractivity contribution < 1.29 is 4.79 Å². The van der Waals surface area contributed by atoms with E-state index in [1.54, 1.807) is 11.3 Å². The van der Waals surface area contributed by atoms with E-state index < -0.39 is 0 Å². The quantitative estimate of drug-likeness (QED) is 0.710. The van der Waals surface area contributed by atoms with Gasteiger partial charge in [0, 0.05) is 17.8 Å². The maximum atomic E-state index is 11.3. The molecule has 0 saturated heterocycles. The van der Waals surface area contributed by atoms with Gasteiger partial charge in [0.25, 0.3) is 0 Å². The van der Waals surface area contributed by atoms with Crippen molar-refractivity contribution in [3.05, 3.63) is 22.4 Å². The lowest BCUT2D eigenvalue weighted by atomic mass is 10.1. The van der Waals surface area contributed by atoms with Gasteiger partial charge >= 0.3 is 0 Å². The molecule has 0 aliphatic carbocycles. The molecule has 0 unspecified atom stereocenters. The van der Waals surface area contributed by atoms with Crippen LogP contribution in [-0.2, 0) is 11.2 Å². The van der Waals surface area contributed by atoms with Crippen molar-refractivity contribution in [2.75, 3.05) is 6.54 Å². The lowest BCUT2D eigenvalue weighted by Gasteiger charge is -2.02. The maximum Gasteiger partial charge on any atom is 0.219 e. The number of carbonyl (C=O) groups is 1. The summed E-state index contributed by atoms with van der Waals surface area (Å²) in [5.41, 5.74) is 0. The highest BCUT2D eigenvalue weighted by Crippen LogP contribution is 2.12. The molecule has 0 bridgehead atoms. The van der Waals surface area contributed by atoms with Crippen LogP contribution in [0.2, 0.25) is 0 Å². The van der Waals surface area contributed by atoms with Gasteiger partial charge in [0.2, 0.25) is 5.91 Å². The Morgan fingerprint density at radius 2 is 2.33 bits per heavy atom. The van der Waals surface area contributed by atoms with E-state index in [9.17, 15) is 4.79 Å². The maximum absolute atomic E-state index is 11.3. The lowest BCUT2D eigenvalue weighted by molar-refractivity contribution is -0.121.